The van der Waals surface area contributed by atoms with E-state index in [1.807, 2.05) is 0 Å². The van der Waals surface area contributed by atoms with Crippen molar-refractivity contribution in [1.82, 2.24) is 5.32 Å². The predicted molar refractivity (Wildman–Crippen MR) is 63.5 cm³/mol. The van der Waals surface area contributed by atoms with Crippen molar-refractivity contribution in [3.63, 3.8) is 0 Å². The smallest absolute Gasteiger partial charge is 0.170 e. The molecular weight excluding hydrogens is 221 g/mol. The molecule has 0 saturated carbocycles. The minimum atomic E-state index is -0.743. The maximum absolute atomic E-state index is 14.0. The van der Waals surface area contributed by atoms with Crippen molar-refractivity contribution in [2.75, 3.05) is 20.2 Å². The number of ether oxygens (including phenoxy) is 1. The molecule has 0 aromatic heterocycles. The van der Waals surface area contributed by atoms with E-state index in [9.17, 15) is 9.50 Å². The van der Waals surface area contributed by atoms with Crippen molar-refractivity contribution < 1.29 is 14.2 Å². The van der Waals surface area contributed by atoms with Crippen LogP contribution >= 0.6 is 0 Å². The summed E-state index contributed by atoms with van der Waals surface area (Å²) in [6, 6.07) is 4.90. The molecule has 1 atom stereocenters. The van der Waals surface area contributed by atoms with E-state index in [1.54, 1.807) is 18.2 Å². The van der Waals surface area contributed by atoms with E-state index in [0.29, 0.717) is 5.56 Å². The van der Waals surface area contributed by atoms with Crippen LogP contribution in [0.15, 0.2) is 18.2 Å². The van der Waals surface area contributed by atoms with Crippen LogP contribution in [0.2, 0.25) is 0 Å². The highest BCUT2D eigenvalue weighted by Gasteiger charge is 2.26. The minimum absolute atomic E-state index is 0.123. The number of rotatable bonds is 3. The number of benzene rings is 1. The first kappa shape index (κ1) is 12.3. The van der Waals surface area contributed by atoms with Crippen molar-refractivity contribution >= 4 is 0 Å². The first-order chi connectivity index (χ1) is 8.24. The molecule has 1 unspecified atom stereocenters. The van der Waals surface area contributed by atoms with E-state index in [0.717, 1.165) is 25.9 Å². The lowest BCUT2D eigenvalue weighted by Gasteiger charge is -2.27. The molecule has 0 amide bonds. The summed E-state index contributed by atoms with van der Waals surface area (Å²) < 4.78 is 18.9. The Morgan fingerprint density at radius 3 is 2.76 bits per heavy atom. The fourth-order valence-electron chi connectivity index (χ4n) is 2.33. The minimum Gasteiger partial charge on any atom is -0.494 e. The average molecular weight is 239 g/mol. The molecule has 1 aromatic rings. The van der Waals surface area contributed by atoms with Crippen LogP contribution in [0, 0.1) is 11.7 Å². The lowest BCUT2D eigenvalue weighted by Crippen LogP contribution is -2.31. The van der Waals surface area contributed by atoms with Gasteiger partial charge in [-0.1, -0.05) is 12.1 Å². The maximum Gasteiger partial charge on any atom is 0.170 e. The molecule has 0 spiro atoms. The second-order valence-corrected chi connectivity index (χ2v) is 4.40. The number of nitrogens with one attached hydrogen (secondary N) is 1. The van der Waals surface area contributed by atoms with Gasteiger partial charge in [-0.05, 0) is 37.9 Å². The van der Waals surface area contributed by atoms with Crippen LogP contribution < -0.4 is 10.1 Å². The summed E-state index contributed by atoms with van der Waals surface area (Å²) in [6.07, 6.45) is 1.00. The number of methoxy groups -OCH3 is 1. The Hall–Kier alpha value is -1.13. The molecule has 1 fully saturated rings. The summed E-state index contributed by atoms with van der Waals surface area (Å²) in [5.41, 5.74) is 0.344. The van der Waals surface area contributed by atoms with Gasteiger partial charge in [-0.2, -0.15) is 0 Å². The Kier molecular flexibility index (Phi) is 3.97. The molecular formula is C13H18FNO2. The van der Waals surface area contributed by atoms with Gasteiger partial charge in [0.05, 0.1) is 13.2 Å². The van der Waals surface area contributed by atoms with Gasteiger partial charge < -0.3 is 15.2 Å². The largest absolute Gasteiger partial charge is 0.494 e. The molecule has 0 aliphatic carbocycles. The maximum atomic E-state index is 14.0. The van der Waals surface area contributed by atoms with Gasteiger partial charge in [0.25, 0.3) is 0 Å². The molecule has 2 rings (SSSR count). The third kappa shape index (κ3) is 2.58. The Labute approximate surface area is 101 Å². The molecule has 1 aromatic carbocycles. The van der Waals surface area contributed by atoms with E-state index in [1.165, 1.54) is 7.11 Å². The van der Waals surface area contributed by atoms with Crippen LogP contribution in [0.4, 0.5) is 4.39 Å². The van der Waals surface area contributed by atoms with Crippen LogP contribution in [0.1, 0.15) is 24.5 Å². The summed E-state index contributed by atoms with van der Waals surface area (Å²) in [4.78, 5) is 0. The standard InChI is InChI=1S/C13H18FNO2/c1-17-11-4-2-3-10(12(11)14)13(16)9-5-7-15-8-6-9/h2-4,9,13,15-16H,5-8H2,1H3. The average Bonchev–Trinajstić information content (AvgIpc) is 2.39. The predicted octanol–water partition coefficient (Wildman–Crippen LogP) is 1.87. The summed E-state index contributed by atoms with van der Waals surface area (Å²) in [5, 5.41) is 13.5. The fraction of sp³-hybridized carbons (Fsp3) is 0.538. The Morgan fingerprint density at radius 1 is 1.41 bits per heavy atom. The molecule has 17 heavy (non-hydrogen) atoms. The van der Waals surface area contributed by atoms with Crippen molar-refractivity contribution in [3.8, 4) is 5.75 Å². The van der Waals surface area contributed by atoms with Crippen molar-refractivity contribution in [2.45, 2.75) is 18.9 Å². The number of aliphatic hydroxyl groups excluding tert-OH is 1. The number of halogens is 1. The summed E-state index contributed by atoms with van der Waals surface area (Å²) in [7, 11) is 1.43. The third-order valence-corrected chi connectivity index (χ3v) is 3.36. The molecule has 2 N–H and O–H groups in total. The van der Waals surface area contributed by atoms with E-state index in [4.69, 9.17) is 4.74 Å². The quantitative estimate of drug-likeness (QED) is 0.846. The van der Waals surface area contributed by atoms with Gasteiger partial charge in [-0.15, -0.1) is 0 Å². The fourth-order valence-corrected chi connectivity index (χ4v) is 2.33. The van der Waals surface area contributed by atoms with Gasteiger partial charge in [0.1, 0.15) is 0 Å². The topological polar surface area (TPSA) is 41.5 Å². The van der Waals surface area contributed by atoms with Crippen molar-refractivity contribution in [2.24, 2.45) is 5.92 Å². The number of hydrogen-bond acceptors (Lipinski definition) is 3. The molecule has 4 heteroatoms. The lowest BCUT2D eigenvalue weighted by atomic mass is 9.88. The Balaban J connectivity index is 2.20. The van der Waals surface area contributed by atoms with Crippen molar-refractivity contribution in [1.29, 1.82) is 0 Å². The zero-order valence-corrected chi connectivity index (χ0v) is 9.95. The van der Waals surface area contributed by atoms with Gasteiger partial charge in [-0.3, -0.25) is 0 Å². The highest BCUT2D eigenvalue weighted by Crippen LogP contribution is 2.33. The van der Waals surface area contributed by atoms with Crippen LogP contribution in [0.3, 0.4) is 0 Å². The molecule has 1 saturated heterocycles. The van der Waals surface area contributed by atoms with Gasteiger partial charge in [0.2, 0.25) is 0 Å². The highest BCUT2D eigenvalue weighted by atomic mass is 19.1. The van der Waals surface area contributed by atoms with E-state index in [-0.39, 0.29) is 11.7 Å². The zero-order chi connectivity index (χ0) is 12.3. The van der Waals surface area contributed by atoms with E-state index in [2.05, 4.69) is 5.32 Å². The SMILES string of the molecule is COc1cccc(C(O)C2CCNCC2)c1F. The molecule has 0 radical (unpaired) electrons. The lowest BCUT2D eigenvalue weighted by molar-refractivity contribution is 0.0851. The first-order valence-electron chi connectivity index (χ1n) is 5.95. The molecule has 0 bridgehead atoms. The Bertz CT molecular complexity index is 378. The normalized spacial score (nSPS) is 19.0. The molecule has 3 nitrogen and oxygen atoms in total. The number of hydrogen-bond donors (Lipinski definition) is 2. The van der Waals surface area contributed by atoms with Crippen molar-refractivity contribution in [3.05, 3.63) is 29.6 Å². The van der Waals surface area contributed by atoms with Crippen LogP contribution in [0.25, 0.3) is 0 Å². The summed E-state index contributed by atoms with van der Waals surface area (Å²) in [5.74, 6) is -0.130. The molecule has 1 aliphatic rings. The summed E-state index contributed by atoms with van der Waals surface area (Å²) in [6.45, 7) is 1.76. The van der Waals surface area contributed by atoms with Gasteiger partial charge >= 0.3 is 0 Å². The monoisotopic (exact) mass is 239 g/mol. The van der Waals surface area contributed by atoms with E-state index >= 15 is 0 Å². The molecule has 94 valence electrons. The van der Waals surface area contributed by atoms with Crippen LogP contribution in [-0.4, -0.2) is 25.3 Å². The highest BCUT2D eigenvalue weighted by molar-refractivity contribution is 5.32. The third-order valence-electron chi connectivity index (χ3n) is 3.36. The van der Waals surface area contributed by atoms with Crippen LogP contribution in [-0.2, 0) is 0 Å². The first-order valence-corrected chi connectivity index (χ1v) is 5.95. The summed E-state index contributed by atoms with van der Waals surface area (Å²) >= 11 is 0. The molecule has 1 aliphatic heterocycles. The molecule has 1 heterocycles. The number of aliphatic hydroxyl groups is 1. The van der Waals surface area contributed by atoms with Gasteiger partial charge in [0, 0.05) is 5.56 Å². The van der Waals surface area contributed by atoms with Gasteiger partial charge in [-0.25, -0.2) is 4.39 Å². The zero-order valence-electron chi connectivity index (χ0n) is 9.95. The van der Waals surface area contributed by atoms with Crippen LogP contribution in [0.5, 0.6) is 5.75 Å². The second kappa shape index (κ2) is 5.47. The number of piperidine rings is 1. The Morgan fingerprint density at radius 2 is 2.12 bits per heavy atom. The second-order valence-electron chi connectivity index (χ2n) is 4.40. The van der Waals surface area contributed by atoms with E-state index < -0.39 is 11.9 Å². The van der Waals surface area contributed by atoms with Gasteiger partial charge in [0.15, 0.2) is 11.6 Å².